The number of rotatable bonds is 9. The Morgan fingerprint density at radius 3 is 2.60 bits per heavy atom. The first-order valence-corrected chi connectivity index (χ1v) is 7.42. The van der Waals surface area contributed by atoms with Crippen LogP contribution in [0.5, 0.6) is 0 Å². The second kappa shape index (κ2) is 9.10. The number of carbonyl (C=O) groups excluding carboxylic acids is 1. The van der Waals surface area contributed by atoms with Gasteiger partial charge in [-0.05, 0) is 19.3 Å². The maximum atomic E-state index is 11.0. The number of carbonyl (C=O) groups is 1. The standard InChI is InChI=1S/C15H26O5/c1-2-3-5-11(16)8-12(17)9-13(18)10-14-6-4-7-15(19)20-14/h4,7,11-14,16-18H,2-3,5-6,8-10H2,1H3/t11-,12+,13+,14+/m1/s1. The predicted octanol–water partition coefficient (Wildman–Crippen LogP) is 1.30. The van der Waals surface area contributed by atoms with Gasteiger partial charge in [0.2, 0.25) is 0 Å². The van der Waals surface area contributed by atoms with Gasteiger partial charge in [-0.25, -0.2) is 4.79 Å². The lowest BCUT2D eigenvalue weighted by molar-refractivity contribution is -0.145. The van der Waals surface area contributed by atoms with Crippen molar-refractivity contribution >= 4 is 5.97 Å². The lowest BCUT2D eigenvalue weighted by Crippen LogP contribution is -2.28. The summed E-state index contributed by atoms with van der Waals surface area (Å²) in [6, 6.07) is 0. The molecule has 1 rings (SSSR count). The quantitative estimate of drug-likeness (QED) is 0.556. The largest absolute Gasteiger partial charge is 0.459 e. The van der Waals surface area contributed by atoms with E-state index in [2.05, 4.69) is 0 Å². The van der Waals surface area contributed by atoms with Gasteiger partial charge in [0, 0.05) is 18.9 Å². The minimum absolute atomic E-state index is 0.195. The zero-order valence-corrected chi connectivity index (χ0v) is 12.1. The van der Waals surface area contributed by atoms with Gasteiger partial charge < -0.3 is 20.1 Å². The molecule has 0 saturated heterocycles. The van der Waals surface area contributed by atoms with Crippen LogP contribution in [-0.2, 0) is 9.53 Å². The molecule has 0 radical (unpaired) electrons. The SMILES string of the molecule is CCCC[C@@H](O)C[C@H](O)C[C@H](O)C[C@@H]1CC=CC(=O)O1. The second-order valence-electron chi connectivity index (χ2n) is 5.51. The van der Waals surface area contributed by atoms with Gasteiger partial charge >= 0.3 is 5.97 Å². The van der Waals surface area contributed by atoms with Crippen LogP contribution in [0.25, 0.3) is 0 Å². The molecule has 0 unspecified atom stereocenters. The van der Waals surface area contributed by atoms with E-state index in [4.69, 9.17) is 4.74 Å². The van der Waals surface area contributed by atoms with Crippen molar-refractivity contribution in [1.29, 1.82) is 0 Å². The molecule has 20 heavy (non-hydrogen) atoms. The van der Waals surface area contributed by atoms with Crippen LogP contribution in [0, 0.1) is 0 Å². The average molecular weight is 286 g/mol. The molecule has 0 bridgehead atoms. The van der Waals surface area contributed by atoms with Crippen molar-refractivity contribution in [3.63, 3.8) is 0 Å². The topological polar surface area (TPSA) is 87.0 Å². The van der Waals surface area contributed by atoms with E-state index < -0.39 is 18.3 Å². The molecule has 0 aliphatic carbocycles. The van der Waals surface area contributed by atoms with E-state index in [9.17, 15) is 20.1 Å². The summed E-state index contributed by atoms with van der Waals surface area (Å²) in [6.45, 7) is 2.05. The van der Waals surface area contributed by atoms with Crippen LogP contribution in [0.3, 0.4) is 0 Å². The number of ether oxygens (including phenoxy) is 1. The smallest absolute Gasteiger partial charge is 0.330 e. The van der Waals surface area contributed by atoms with E-state index in [1.807, 2.05) is 6.92 Å². The van der Waals surface area contributed by atoms with Gasteiger partial charge in [-0.3, -0.25) is 0 Å². The van der Waals surface area contributed by atoms with Gasteiger partial charge in [0.25, 0.3) is 0 Å². The fourth-order valence-electron chi connectivity index (χ4n) is 2.39. The van der Waals surface area contributed by atoms with Gasteiger partial charge in [-0.2, -0.15) is 0 Å². The number of hydrogen-bond acceptors (Lipinski definition) is 5. The highest BCUT2D eigenvalue weighted by Crippen LogP contribution is 2.17. The molecule has 0 spiro atoms. The minimum Gasteiger partial charge on any atom is -0.459 e. The van der Waals surface area contributed by atoms with Gasteiger partial charge in [0.15, 0.2) is 0 Å². The molecule has 116 valence electrons. The van der Waals surface area contributed by atoms with Crippen LogP contribution in [0.4, 0.5) is 0 Å². The van der Waals surface area contributed by atoms with Crippen molar-refractivity contribution in [2.24, 2.45) is 0 Å². The average Bonchev–Trinajstić information content (AvgIpc) is 2.35. The lowest BCUT2D eigenvalue weighted by Gasteiger charge is -2.23. The summed E-state index contributed by atoms with van der Waals surface area (Å²) in [7, 11) is 0. The summed E-state index contributed by atoms with van der Waals surface area (Å²) in [4.78, 5) is 11.0. The molecule has 4 atom stereocenters. The van der Waals surface area contributed by atoms with E-state index in [-0.39, 0.29) is 24.9 Å². The number of aliphatic hydroxyl groups excluding tert-OH is 3. The zero-order valence-electron chi connectivity index (χ0n) is 12.1. The van der Waals surface area contributed by atoms with Crippen LogP contribution in [0.2, 0.25) is 0 Å². The Morgan fingerprint density at radius 1 is 1.25 bits per heavy atom. The molecule has 3 N–H and O–H groups in total. The Kier molecular flexibility index (Phi) is 7.80. The molecule has 0 aromatic carbocycles. The number of aliphatic hydroxyl groups is 3. The lowest BCUT2D eigenvalue weighted by atomic mass is 9.98. The Bertz CT molecular complexity index is 315. The molecule has 5 nitrogen and oxygen atoms in total. The first-order valence-electron chi connectivity index (χ1n) is 7.42. The maximum Gasteiger partial charge on any atom is 0.330 e. The molecular formula is C15H26O5. The van der Waals surface area contributed by atoms with Gasteiger partial charge in [-0.1, -0.05) is 25.8 Å². The predicted molar refractivity (Wildman–Crippen MR) is 75.0 cm³/mol. The molecule has 0 amide bonds. The molecule has 5 heteroatoms. The third kappa shape index (κ3) is 7.03. The molecule has 1 aliphatic heterocycles. The molecule has 0 saturated carbocycles. The Morgan fingerprint density at radius 2 is 1.95 bits per heavy atom. The normalized spacial score (nSPS) is 23.2. The van der Waals surface area contributed by atoms with Crippen LogP contribution < -0.4 is 0 Å². The zero-order chi connectivity index (χ0) is 15.0. The van der Waals surface area contributed by atoms with Gasteiger partial charge in [-0.15, -0.1) is 0 Å². The van der Waals surface area contributed by atoms with Gasteiger partial charge in [0.05, 0.1) is 18.3 Å². The molecule has 0 aromatic rings. The van der Waals surface area contributed by atoms with Crippen molar-refractivity contribution in [3.05, 3.63) is 12.2 Å². The fourth-order valence-corrected chi connectivity index (χ4v) is 2.39. The summed E-state index contributed by atoms with van der Waals surface area (Å²) in [5.74, 6) is -0.385. The molecular weight excluding hydrogens is 260 g/mol. The van der Waals surface area contributed by atoms with Crippen molar-refractivity contribution in [3.8, 4) is 0 Å². The van der Waals surface area contributed by atoms with Crippen molar-refractivity contribution < 1.29 is 24.9 Å². The van der Waals surface area contributed by atoms with E-state index in [1.165, 1.54) is 6.08 Å². The molecule has 1 aliphatic rings. The van der Waals surface area contributed by atoms with Gasteiger partial charge in [0.1, 0.15) is 6.10 Å². The molecule has 0 aromatic heterocycles. The third-order valence-electron chi connectivity index (χ3n) is 3.45. The summed E-state index contributed by atoms with van der Waals surface area (Å²) < 4.78 is 5.06. The number of hydrogen-bond donors (Lipinski definition) is 3. The third-order valence-corrected chi connectivity index (χ3v) is 3.45. The summed E-state index contributed by atoms with van der Waals surface area (Å²) >= 11 is 0. The number of esters is 1. The second-order valence-corrected chi connectivity index (χ2v) is 5.51. The summed E-state index contributed by atoms with van der Waals surface area (Å²) in [6.07, 6.45) is 4.81. The monoisotopic (exact) mass is 286 g/mol. The Hall–Kier alpha value is -0.910. The summed E-state index contributed by atoms with van der Waals surface area (Å²) in [5.41, 5.74) is 0. The van der Waals surface area contributed by atoms with Crippen LogP contribution in [0.15, 0.2) is 12.2 Å². The minimum atomic E-state index is -0.730. The van der Waals surface area contributed by atoms with Crippen molar-refractivity contribution in [2.45, 2.75) is 76.3 Å². The molecule has 1 heterocycles. The highest BCUT2D eigenvalue weighted by molar-refractivity contribution is 5.82. The van der Waals surface area contributed by atoms with Crippen LogP contribution >= 0.6 is 0 Å². The van der Waals surface area contributed by atoms with E-state index in [0.717, 1.165) is 12.8 Å². The highest BCUT2D eigenvalue weighted by Gasteiger charge is 2.22. The Balaban J connectivity index is 2.22. The molecule has 0 fully saturated rings. The van der Waals surface area contributed by atoms with Crippen molar-refractivity contribution in [1.82, 2.24) is 0 Å². The number of unbranched alkanes of at least 4 members (excludes halogenated alkanes) is 1. The fraction of sp³-hybridized carbons (Fsp3) is 0.800. The van der Waals surface area contributed by atoms with E-state index in [1.54, 1.807) is 6.08 Å². The maximum absolute atomic E-state index is 11.0. The van der Waals surface area contributed by atoms with E-state index >= 15 is 0 Å². The summed E-state index contributed by atoms with van der Waals surface area (Å²) in [5, 5.41) is 29.4. The van der Waals surface area contributed by atoms with E-state index in [0.29, 0.717) is 19.3 Å². The highest BCUT2D eigenvalue weighted by atomic mass is 16.5. The first kappa shape index (κ1) is 17.1. The van der Waals surface area contributed by atoms with Crippen LogP contribution in [-0.4, -0.2) is 45.7 Å². The first-order chi connectivity index (χ1) is 9.51. The Labute approximate surface area is 120 Å². The van der Waals surface area contributed by atoms with Crippen LogP contribution in [0.1, 0.15) is 51.9 Å². The van der Waals surface area contributed by atoms with Crippen molar-refractivity contribution in [2.75, 3.05) is 0 Å². The number of cyclic esters (lactones) is 1.